The van der Waals surface area contributed by atoms with Crippen molar-refractivity contribution in [3.8, 4) is 0 Å². The number of rotatable bonds is 2. The van der Waals surface area contributed by atoms with Gasteiger partial charge < -0.3 is 5.32 Å². The van der Waals surface area contributed by atoms with Crippen molar-refractivity contribution in [2.75, 3.05) is 20.1 Å². The standard InChI is InChI=1S/C11H20N2/c1-12-10-4-6-11(7-5-10)13-8-2-3-9-13/h2-3,10-12H,4-9H2,1H3. The lowest BCUT2D eigenvalue weighted by molar-refractivity contribution is 0.182. The molecule has 1 saturated carbocycles. The zero-order valence-corrected chi connectivity index (χ0v) is 8.50. The Morgan fingerprint density at radius 2 is 1.69 bits per heavy atom. The third-order valence-corrected chi connectivity index (χ3v) is 3.47. The van der Waals surface area contributed by atoms with E-state index in [0.717, 1.165) is 12.1 Å². The van der Waals surface area contributed by atoms with Crippen molar-refractivity contribution < 1.29 is 0 Å². The Hall–Kier alpha value is -0.340. The lowest BCUT2D eigenvalue weighted by Gasteiger charge is -2.34. The van der Waals surface area contributed by atoms with Crippen LogP contribution in [0.1, 0.15) is 25.7 Å². The predicted octanol–water partition coefficient (Wildman–Crippen LogP) is 1.39. The molecule has 0 bridgehead atoms. The van der Waals surface area contributed by atoms with E-state index < -0.39 is 0 Å². The minimum absolute atomic E-state index is 0.784. The van der Waals surface area contributed by atoms with Crippen molar-refractivity contribution in [2.45, 2.75) is 37.8 Å². The molecule has 2 rings (SSSR count). The quantitative estimate of drug-likeness (QED) is 0.646. The highest BCUT2D eigenvalue weighted by Crippen LogP contribution is 2.23. The van der Waals surface area contributed by atoms with Crippen LogP contribution in [0, 0.1) is 0 Å². The van der Waals surface area contributed by atoms with E-state index >= 15 is 0 Å². The highest BCUT2D eigenvalue weighted by molar-refractivity contribution is 4.98. The molecule has 1 aliphatic carbocycles. The summed E-state index contributed by atoms with van der Waals surface area (Å²) < 4.78 is 0. The molecule has 2 aliphatic rings. The molecule has 2 nitrogen and oxygen atoms in total. The first-order valence-electron chi connectivity index (χ1n) is 5.46. The van der Waals surface area contributed by atoms with E-state index in [1.165, 1.54) is 38.8 Å². The molecule has 0 aromatic rings. The van der Waals surface area contributed by atoms with E-state index in [1.54, 1.807) is 0 Å². The summed E-state index contributed by atoms with van der Waals surface area (Å²) in [4.78, 5) is 2.60. The normalized spacial score (nSPS) is 35.5. The Labute approximate surface area is 81.0 Å². The van der Waals surface area contributed by atoms with Crippen LogP contribution in [0.25, 0.3) is 0 Å². The Morgan fingerprint density at radius 1 is 1.08 bits per heavy atom. The van der Waals surface area contributed by atoms with Gasteiger partial charge in [-0.15, -0.1) is 0 Å². The molecule has 0 atom stereocenters. The molecule has 2 heteroatoms. The van der Waals surface area contributed by atoms with E-state index in [1.807, 2.05) is 0 Å². The van der Waals surface area contributed by atoms with Crippen LogP contribution in [0.2, 0.25) is 0 Å². The fourth-order valence-corrected chi connectivity index (χ4v) is 2.52. The molecule has 0 aromatic heterocycles. The smallest absolute Gasteiger partial charge is 0.0169 e. The summed E-state index contributed by atoms with van der Waals surface area (Å²) in [5.41, 5.74) is 0. The summed E-state index contributed by atoms with van der Waals surface area (Å²) >= 11 is 0. The van der Waals surface area contributed by atoms with Gasteiger partial charge in [-0.25, -0.2) is 0 Å². The summed E-state index contributed by atoms with van der Waals surface area (Å²) in [6.45, 7) is 2.38. The van der Waals surface area contributed by atoms with Crippen LogP contribution in [0.4, 0.5) is 0 Å². The molecule has 1 aliphatic heterocycles. The van der Waals surface area contributed by atoms with Crippen LogP contribution >= 0.6 is 0 Å². The number of hydrogen-bond acceptors (Lipinski definition) is 2. The fourth-order valence-electron chi connectivity index (χ4n) is 2.52. The Bertz CT molecular complexity index is 173. The molecule has 13 heavy (non-hydrogen) atoms. The zero-order valence-electron chi connectivity index (χ0n) is 8.50. The molecule has 0 unspecified atom stereocenters. The summed E-state index contributed by atoms with van der Waals surface area (Å²) in [5, 5.41) is 3.38. The van der Waals surface area contributed by atoms with Crippen molar-refractivity contribution in [1.82, 2.24) is 10.2 Å². The van der Waals surface area contributed by atoms with Gasteiger partial charge in [0, 0.05) is 25.2 Å². The zero-order chi connectivity index (χ0) is 9.10. The van der Waals surface area contributed by atoms with Crippen LogP contribution in [0.3, 0.4) is 0 Å². The number of nitrogens with zero attached hydrogens (tertiary/aromatic N) is 1. The Kier molecular flexibility index (Phi) is 3.01. The molecular formula is C11H20N2. The van der Waals surface area contributed by atoms with Gasteiger partial charge in [0.15, 0.2) is 0 Å². The first kappa shape index (κ1) is 9.22. The van der Waals surface area contributed by atoms with Gasteiger partial charge in [-0.05, 0) is 32.7 Å². The molecule has 0 amide bonds. The van der Waals surface area contributed by atoms with Crippen LogP contribution in [-0.4, -0.2) is 37.1 Å². The summed E-state index contributed by atoms with van der Waals surface area (Å²) in [6.07, 6.45) is 10.1. The minimum atomic E-state index is 0.784. The number of nitrogens with one attached hydrogen (secondary N) is 1. The number of hydrogen-bond donors (Lipinski definition) is 1. The Morgan fingerprint density at radius 3 is 2.23 bits per heavy atom. The van der Waals surface area contributed by atoms with Gasteiger partial charge in [-0.1, -0.05) is 12.2 Å². The van der Waals surface area contributed by atoms with Gasteiger partial charge in [0.2, 0.25) is 0 Å². The van der Waals surface area contributed by atoms with Crippen molar-refractivity contribution in [3.05, 3.63) is 12.2 Å². The topological polar surface area (TPSA) is 15.3 Å². The average molecular weight is 180 g/mol. The van der Waals surface area contributed by atoms with Gasteiger partial charge in [-0.3, -0.25) is 4.90 Å². The first-order chi connectivity index (χ1) is 6.40. The molecule has 1 fully saturated rings. The minimum Gasteiger partial charge on any atom is -0.317 e. The molecule has 1 heterocycles. The molecule has 74 valence electrons. The van der Waals surface area contributed by atoms with Crippen molar-refractivity contribution >= 4 is 0 Å². The lowest BCUT2D eigenvalue weighted by atomic mass is 9.90. The molecular weight excluding hydrogens is 160 g/mol. The molecule has 0 aromatic carbocycles. The SMILES string of the molecule is CNC1CCC(N2CC=CC2)CC1. The maximum atomic E-state index is 3.38. The second kappa shape index (κ2) is 4.25. The average Bonchev–Trinajstić information content (AvgIpc) is 2.71. The lowest BCUT2D eigenvalue weighted by Crippen LogP contribution is -2.40. The maximum absolute atomic E-state index is 3.38. The molecule has 0 radical (unpaired) electrons. The highest BCUT2D eigenvalue weighted by atomic mass is 15.2. The first-order valence-corrected chi connectivity index (χ1v) is 5.46. The van der Waals surface area contributed by atoms with Crippen molar-refractivity contribution in [1.29, 1.82) is 0 Å². The van der Waals surface area contributed by atoms with Gasteiger partial charge in [0.05, 0.1) is 0 Å². The van der Waals surface area contributed by atoms with Crippen molar-refractivity contribution in [2.24, 2.45) is 0 Å². The second-order valence-electron chi connectivity index (χ2n) is 4.22. The van der Waals surface area contributed by atoms with Crippen LogP contribution < -0.4 is 5.32 Å². The van der Waals surface area contributed by atoms with Gasteiger partial charge in [0.25, 0.3) is 0 Å². The monoisotopic (exact) mass is 180 g/mol. The summed E-state index contributed by atoms with van der Waals surface area (Å²) in [5.74, 6) is 0. The third-order valence-electron chi connectivity index (χ3n) is 3.47. The molecule has 0 spiro atoms. The summed E-state index contributed by atoms with van der Waals surface area (Å²) in [6, 6.07) is 1.64. The van der Waals surface area contributed by atoms with Gasteiger partial charge >= 0.3 is 0 Å². The van der Waals surface area contributed by atoms with E-state index in [-0.39, 0.29) is 0 Å². The van der Waals surface area contributed by atoms with Crippen molar-refractivity contribution in [3.63, 3.8) is 0 Å². The largest absolute Gasteiger partial charge is 0.317 e. The van der Waals surface area contributed by atoms with Crippen LogP contribution in [0.15, 0.2) is 12.2 Å². The predicted molar refractivity (Wildman–Crippen MR) is 55.8 cm³/mol. The third kappa shape index (κ3) is 2.12. The Balaban J connectivity index is 1.77. The van der Waals surface area contributed by atoms with E-state index in [4.69, 9.17) is 0 Å². The van der Waals surface area contributed by atoms with Crippen LogP contribution in [0.5, 0.6) is 0 Å². The van der Waals surface area contributed by atoms with Crippen LogP contribution in [-0.2, 0) is 0 Å². The maximum Gasteiger partial charge on any atom is 0.0169 e. The highest BCUT2D eigenvalue weighted by Gasteiger charge is 2.24. The molecule has 0 saturated heterocycles. The van der Waals surface area contributed by atoms with Gasteiger partial charge in [0.1, 0.15) is 0 Å². The molecule has 1 N–H and O–H groups in total. The second-order valence-corrected chi connectivity index (χ2v) is 4.22. The van der Waals surface area contributed by atoms with Gasteiger partial charge in [-0.2, -0.15) is 0 Å². The summed E-state index contributed by atoms with van der Waals surface area (Å²) in [7, 11) is 2.09. The van der Waals surface area contributed by atoms with E-state index in [2.05, 4.69) is 29.4 Å². The fraction of sp³-hybridized carbons (Fsp3) is 0.818. The van der Waals surface area contributed by atoms with E-state index in [0.29, 0.717) is 0 Å². The van der Waals surface area contributed by atoms with E-state index in [9.17, 15) is 0 Å².